The van der Waals surface area contributed by atoms with E-state index < -0.39 is 22.4 Å². The van der Waals surface area contributed by atoms with Gasteiger partial charge in [-0.05, 0) is 24.3 Å². The molecule has 0 heterocycles. The fourth-order valence-electron chi connectivity index (χ4n) is 0.851. The number of thiol groups is 1. The Balaban J connectivity index is 2.60. The standard InChI is InChI=1S/C8H8BrNO3S/c9-6-1-3-7(4-2-6)10-8(11)5-14(12)13/h1-4,14H,5H2,(H,10,11). The SMILES string of the molecule is O=C(C[SH](=O)=O)Nc1ccc(Br)cc1. The lowest BCUT2D eigenvalue weighted by atomic mass is 10.3. The maximum absolute atomic E-state index is 11.0. The molecule has 0 radical (unpaired) electrons. The molecule has 0 aliphatic carbocycles. The molecule has 0 unspecified atom stereocenters. The molecule has 0 saturated carbocycles. The van der Waals surface area contributed by atoms with Gasteiger partial charge in [0.25, 0.3) is 0 Å². The summed E-state index contributed by atoms with van der Waals surface area (Å²) >= 11 is 3.24. The van der Waals surface area contributed by atoms with Gasteiger partial charge in [-0.1, -0.05) is 15.9 Å². The lowest BCUT2D eigenvalue weighted by Gasteiger charge is -2.01. The predicted molar refractivity (Wildman–Crippen MR) is 58.0 cm³/mol. The Labute approximate surface area is 91.4 Å². The van der Waals surface area contributed by atoms with Crippen LogP contribution in [-0.2, 0) is 15.5 Å². The van der Waals surface area contributed by atoms with Crippen LogP contribution in [0, 0.1) is 0 Å². The molecule has 76 valence electrons. The van der Waals surface area contributed by atoms with Crippen molar-refractivity contribution in [2.75, 3.05) is 11.1 Å². The van der Waals surface area contributed by atoms with Crippen LogP contribution < -0.4 is 5.32 Å². The quantitative estimate of drug-likeness (QED) is 0.811. The van der Waals surface area contributed by atoms with Crippen LogP contribution in [0.2, 0.25) is 0 Å². The van der Waals surface area contributed by atoms with Gasteiger partial charge < -0.3 is 5.32 Å². The number of carbonyl (C=O) groups excluding carboxylic acids is 1. The first kappa shape index (κ1) is 11.2. The Morgan fingerprint density at radius 1 is 1.29 bits per heavy atom. The molecular formula is C8H8BrNO3S. The average Bonchev–Trinajstić information content (AvgIpc) is 2.07. The molecule has 0 aliphatic heterocycles. The molecule has 0 aliphatic rings. The van der Waals surface area contributed by atoms with E-state index in [1.54, 1.807) is 24.3 Å². The second kappa shape index (κ2) is 5.11. The van der Waals surface area contributed by atoms with Crippen molar-refractivity contribution in [3.8, 4) is 0 Å². The molecule has 1 aromatic rings. The van der Waals surface area contributed by atoms with Crippen LogP contribution in [-0.4, -0.2) is 20.1 Å². The van der Waals surface area contributed by atoms with E-state index in [0.717, 1.165) is 4.47 Å². The predicted octanol–water partition coefficient (Wildman–Crippen LogP) is 0.999. The van der Waals surface area contributed by atoms with Crippen LogP contribution in [0.25, 0.3) is 0 Å². The van der Waals surface area contributed by atoms with E-state index >= 15 is 0 Å². The van der Waals surface area contributed by atoms with Crippen LogP contribution in [0.1, 0.15) is 0 Å². The first-order valence-corrected chi connectivity index (χ1v) is 5.91. The first-order valence-electron chi connectivity index (χ1n) is 3.75. The van der Waals surface area contributed by atoms with Crippen molar-refractivity contribution in [2.45, 2.75) is 0 Å². The summed E-state index contributed by atoms with van der Waals surface area (Å²) in [4.78, 5) is 11.0. The number of hydrogen-bond donors (Lipinski definition) is 2. The van der Waals surface area contributed by atoms with Crippen LogP contribution in [0.4, 0.5) is 5.69 Å². The number of nitrogens with one attached hydrogen (secondary N) is 1. The molecule has 1 rings (SSSR count). The molecule has 14 heavy (non-hydrogen) atoms. The summed E-state index contributed by atoms with van der Waals surface area (Å²) in [5.74, 6) is -1.01. The van der Waals surface area contributed by atoms with Crippen molar-refractivity contribution < 1.29 is 13.2 Å². The van der Waals surface area contributed by atoms with Crippen molar-refractivity contribution >= 4 is 38.2 Å². The molecule has 4 nitrogen and oxygen atoms in total. The van der Waals surface area contributed by atoms with Crippen LogP contribution >= 0.6 is 15.9 Å². The highest BCUT2D eigenvalue weighted by Gasteiger charge is 2.02. The third-order valence-electron chi connectivity index (χ3n) is 1.40. The number of benzene rings is 1. The van der Waals surface area contributed by atoms with E-state index in [1.165, 1.54) is 0 Å². The molecule has 0 spiro atoms. The molecule has 1 aromatic carbocycles. The van der Waals surface area contributed by atoms with Gasteiger partial charge in [-0.15, -0.1) is 0 Å². The zero-order valence-corrected chi connectivity index (χ0v) is 9.55. The van der Waals surface area contributed by atoms with E-state index in [2.05, 4.69) is 21.2 Å². The van der Waals surface area contributed by atoms with Gasteiger partial charge in [-0.25, -0.2) is 8.42 Å². The van der Waals surface area contributed by atoms with Gasteiger partial charge in [-0.2, -0.15) is 0 Å². The molecule has 0 aromatic heterocycles. The molecule has 1 amide bonds. The smallest absolute Gasteiger partial charge is 0.239 e. The number of anilines is 1. The van der Waals surface area contributed by atoms with Gasteiger partial charge in [0.2, 0.25) is 5.91 Å². The van der Waals surface area contributed by atoms with E-state index in [0.29, 0.717) is 5.69 Å². The highest BCUT2D eigenvalue weighted by atomic mass is 79.9. The topological polar surface area (TPSA) is 63.2 Å². The lowest BCUT2D eigenvalue weighted by molar-refractivity contribution is -0.113. The number of rotatable bonds is 3. The average molecular weight is 278 g/mol. The summed E-state index contributed by atoms with van der Waals surface area (Å²) in [7, 11) is -2.66. The molecule has 6 heteroatoms. The highest BCUT2D eigenvalue weighted by molar-refractivity contribution is 9.10. The third kappa shape index (κ3) is 3.89. The maximum atomic E-state index is 11.0. The van der Waals surface area contributed by atoms with Gasteiger partial charge in [0, 0.05) is 10.2 Å². The fourth-order valence-corrected chi connectivity index (χ4v) is 1.43. The first-order chi connectivity index (χ1) is 6.58. The Hall–Kier alpha value is -0.880. The van der Waals surface area contributed by atoms with Crippen molar-refractivity contribution in [3.05, 3.63) is 28.7 Å². The van der Waals surface area contributed by atoms with E-state index in [1.807, 2.05) is 0 Å². The summed E-state index contributed by atoms with van der Waals surface area (Å²) in [5.41, 5.74) is 0.579. The van der Waals surface area contributed by atoms with E-state index in [4.69, 9.17) is 0 Å². The minimum absolute atomic E-state index is 0.481. The number of carbonyl (C=O) groups is 1. The summed E-state index contributed by atoms with van der Waals surface area (Å²) in [6.45, 7) is 0. The van der Waals surface area contributed by atoms with Crippen LogP contribution in [0.5, 0.6) is 0 Å². The van der Waals surface area contributed by atoms with Gasteiger partial charge in [-0.3, -0.25) is 4.79 Å². The number of hydrogen-bond acceptors (Lipinski definition) is 3. The molecule has 0 atom stereocenters. The second-order valence-corrected chi connectivity index (χ2v) is 4.44. The maximum Gasteiger partial charge on any atom is 0.239 e. The fraction of sp³-hybridized carbons (Fsp3) is 0.125. The molecule has 0 fully saturated rings. The molecule has 0 saturated heterocycles. The largest absolute Gasteiger partial charge is 0.325 e. The van der Waals surface area contributed by atoms with Crippen molar-refractivity contribution in [2.24, 2.45) is 0 Å². The summed E-state index contributed by atoms with van der Waals surface area (Å²) < 4.78 is 21.3. The van der Waals surface area contributed by atoms with Crippen molar-refractivity contribution in [1.82, 2.24) is 0 Å². The Morgan fingerprint density at radius 3 is 2.36 bits per heavy atom. The van der Waals surface area contributed by atoms with Crippen molar-refractivity contribution in [1.29, 1.82) is 0 Å². The van der Waals surface area contributed by atoms with Gasteiger partial charge in [0.15, 0.2) is 0 Å². The van der Waals surface area contributed by atoms with E-state index in [-0.39, 0.29) is 0 Å². The summed E-state index contributed by atoms with van der Waals surface area (Å²) in [6, 6.07) is 6.87. The number of amides is 1. The summed E-state index contributed by atoms with van der Waals surface area (Å²) in [6.07, 6.45) is 0. The Kier molecular flexibility index (Phi) is 4.09. The molecular weight excluding hydrogens is 270 g/mol. The molecule has 1 N–H and O–H groups in total. The lowest BCUT2D eigenvalue weighted by Crippen LogP contribution is -2.16. The Bertz CT molecular complexity index is 392. The third-order valence-corrected chi connectivity index (χ3v) is 2.47. The Morgan fingerprint density at radius 2 is 1.86 bits per heavy atom. The number of halogens is 1. The normalized spacial score (nSPS) is 10.1. The minimum Gasteiger partial charge on any atom is -0.325 e. The molecule has 0 bridgehead atoms. The van der Waals surface area contributed by atoms with Gasteiger partial charge >= 0.3 is 0 Å². The van der Waals surface area contributed by atoms with Crippen molar-refractivity contribution in [3.63, 3.8) is 0 Å². The monoisotopic (exact) mass is 277 g/mol. The zero-order valence-electron chi connectivity index (χ0n) is 7.07. The highest BCUT2D eigenvalue weighted by Crippen LogP contribution is 2.13. The minimum atomic E-state index is -2.66. The zero-order chi connectivity index (χ0) is 10.6. The van der Waals surface area contributed by atoms with Gasteiger partial charge in [0.05, 0.1) is 0 Å². The van der Waals surface area contributed by atoms with Crippen LogP contribution in [0.15, 0.2) is 28.7 Å². The van der Waals surface area contributed by atoms with E-state index in [9.17, 15) is 13.2 Å². The van der Waals surface area contributed by atoms with Crippen LogP contribution in [0.3, 0.4) is 0 Å². The van der Waals surface area contributed by atoms with Gasteiger partial charge in [0.1, 0.15) is 16.5 Å². The second-order valence-electron chi connectivity index (χ2n) is 2.55. The summed E-state index contributed by atoms with van der Waals surface area (Å²) in [5, 5.41) is 2.46.